The molecule has 1 aliphatic carbocycles. The lowest BCUT2D eigenvalue weighted by atomic mass is 9.97. The molecule has 1 amide bonds. The van der Waals surface area contributed by atoms with Gasteiger partial charge < -0.3 is 10.3 Å². The summed E-state index contributed by atoms with van der Waals surface area (Å²) >= 11 is 7.51. The van der Waals surface area contributed by atoms with Crippen molar-refractivity contribution >= 4 is 40.2 Å². The first-order valence-corrected chi connectivity index (χ1v) is 12.9. The van der Waals surface area contributed by atoms with Crippen molar-refractivity contribution < 1.29 is 4.79 Å². The molecule has 0 radical (unpaired) electrons. The maximum atomic E-state index is 12.5. The molecule has 2 N–H and O–H groups in total. The third-order valence-corrected chi connectivity index (χ3v) is 7.21. The van der Waals surface area contributed by atoms with Crippen molar-refractivity contribution in [1.29, 1.82) is 0 Å². The van der Waals surface area contributed by atoms with Crippen molar-refractivity contribution in [2.24, 2.45) is 0 Å². The number of amides is 1. The lowest BCUT2D eigenvalue weighted by Gasteiger charge is -2.13. The van der Waals surface area contributed by atoms with Crippen LogP contribution in [-0.4, -0.2) is 38.0 Å². The monoisotopic (exact) mass is 491 g/mol. The van der Waals surface area contributed by atoms with Crippen LogP contribution >= 0.6 is 23.4 Å². The zero-order chi connectivity index (χ0) is 23.3. The fraction of sp³-hybridized carbons (Fsp3) is 0.269. The lowest BCUT2D eigenvalue weighted by molar-refractivity contribution is -0.118. The molecule has 0 saturated carbocycles. The van der Waals surface area contributed by atoms with Crippen molar-refractivity contribution in [2.45, 2.75) is 37.3 Å². The van der Waals surface area contributed by atoms with E-state index in [0.29, 0.717) is 22.5 Å². The number of halogens is 1. The van der Waals surface area contributed by atoms with Crippen LogP contribution in [0.5, 0.6) is 0 Å². The largest absolute Gasteiger partial charge is 0.360 e. The summed E-state index contributed by atoms with van der Waals surface area (Å²) in [5, 5.41) is 14.4. The molecule has 4 aromatic rings. The molecule has 0 bridgehead atoms. The maximum Gasteiger partial charge on any atom is 0.230 e. The number of nitrogens with zero attached hydrogens (tertiary/aromatic N) is 3. The van der Waals surface area contributed by atoms with Gasteiger partial charge in [-0.15, -0.1) is 10.2 Å². The molecular formula is C26H26ClN5OS. The summed E-state index contributed by atoms with van der Waals surface area (Å²) in [6.07, 6.45) is 10.1. The van der Waals surface area contributed by atoms with E-state index in [1.165, 1.54) is 30.2 Å². The first kappa shape index (κ1) is 22.7. The first-order valence-electron chi connectivity index (χ1n) is 11.5. The molecule has 34 heavy (non-hydrogen) atoms. The van der Waals surface area contributed by atoms with Crippen LogP contribution in [0.25, 0.3) is 28.0 Å². The maximum absolute atomic E-state index is 12.5. The molecule has 0 aliphatic heterocycles. The Morgan fingerprint density at radius 1 is 1.12 bits per heavy atom. The topological polar surface area (TPSA) is 75.6 Å². The third-order valence-electron chi connectivity index (χ3n) is 6.03. The number of benzene rings is 2. The lowest BCUT2D eigenvalue weighted by Crippen LogP contribution is -2.26. The van der Waals surface area contributed by atoms with Crippen LogP contribution in [0.1, 0.15) is 32.1 Å². The molecule has 6 nitrogen and oxygen atoms in total. The Kier molecular flexibility index (Phi) is 7.02. The van der Waals surface area contributed by atoms with Gasteiger partial charge in [0.15, 0.2) is 11.0 Å². The van der Waals surface area contributed by atoms with E-state index < -0.39 is 0 Å². The highest BCUT2D eigenvalue weighted by Crippen LogP contribution is 2.32. The fourth-order valence-electron chi connectivity index (χ4n) is 4.29. The van der Waals surface area contributed by atoms with E-state index in [9.17, 15) is 4.79 Å². The van der Waals surface area contributed by atoms with Crippen LogP contribution < -0.4 is 5.32 Å². The highest BCUT2D eigenvalue weighted by Gasteiger charge is 2.19. The van der Waals surface area contributed by atoms with Crippen molar-refractivity contribution in [2.75, 3.05) is 12.3 Å². The molecule has 2 aromatic heterocycles. The highest BCUT2D eigenvalue weighted by atomic mass is 35.5. The molecule has 2 aromatic carbocycles. The van der Waals surface area contributed by atoms with Gasteiger partial charge in [-0.3, -0.25) is 9.36 Å². The summed E-state index contributed by atoms with van der Waals surface area (Å²) in [6.45, 7) is 0.676. The zero-order valence-corrected chi connectivity index (χ0v) is 20.3. The average molecular weight is 492 g/mol. The van der Waals surface area contributed by atoms with Gasteiger partial charge >= 0.3 is 0 Å². The van der Waals surface area contributed by atoms with E-state index in [1.54, 1.807) is 0 Å². The Balaban J connectivity index is 1.35. The van der Waals surface area contributed by atoms with Gasteiger partial charge in [-0.1, -0.05) is 53.2 Å². The number of H-pyrrole nitrogens is 1. The van der Waals surface area contributed by atoms with Gasteiger partial charge in [0, 0.05) is 39.9 Å². The molecule has 0 spiro atoms. The zero-order valence-electron chi connectivity index (χ0n) is 18.8. The van der Waals surface area contributed by atoms with Crippen LogP contribution in [0.2, 0.25) is 5.02 Å². The minimum absolute atomic E-state index is 0.000657. The Hall–Kier alpha value is -3.03. The second kappa shape index (κ2) is 10.5. The third kappa shape index (κ3) is 5.05. The Labute approximate surface area is 207 Å². The molecule has 1 aliphatic rings. The van der Waals surface area contributed by atoms with Gasteiger partial charge in [-0.05, 0) is 62.4 Å². The number of carbonyl (C=O) groups is 1. The molecule has 0 unspecified atom stereocenters. The number of carbonyl (C=O) groups excluding carboxylic acids is 1. The van der Waals surface area contributed by atoms with E-state index in [4.69, 9.17) is 11.6 Å². The molecule has 0 fully saturated rings. The average Bonchev–Trinajstić information content (AvgIpc) is 3.48. The quantitative estimate of drug-likeness (QED) is 0.228. The summed E-state index contributed by atoms with van der Waals surface area (Å²) in [4.78, 5) is 15.8. The van der Waals surface area contributed by atoms with E-state index in [0.717, 1.165) is 41.4 Å². The van der Waals surface area contributed by atoms with E-state index in [-0.39, 0.29) is 11.7 Å². The number of fused-ring (bicyclic) bond motifs is 1. The summed E-state index contributed by atoms with van der Waals surface area (Å²) in [7, 11) is 0. The fourth-order valence-corrected chi connectivity index (χ4v) is 5.20. The second-order valence-electron chi connectivity index (χ2n) is 8.36. The summed E-state index contributed by atoms with van der Waals surface area (Å²) in [5.74, 6) is 0.992. The second-order valence-corrected chi connectivity index (χ2v) is 9.74. The number of allylic oxidation sites excluding steroid dienone is 1. The summed E-state index contributed by atoms with van der Waals surface area (Å²) in [5.41, 5.74) is 4.34. The van der Waals surface area contributed by atoms with Crippen LogP contribution in [0.3, 0.4) is 0 Å². The minimum Gasteiger partial charge on any atom is -0.360 e. The standard InChI is InChI=1S/C26H26ClN5OS/c27-19-10-12-20(13-11-19)32-25(22-16-29-23-9-5-4-8-21(22)23)30-31-26(32)34-17-24(33)28-15-14-18-6-2-1-3-7-18/h4-6,8-13,16,29H,1-3,7,14-15,17H2,(H,28,33). The number of hydrogen-bond acceptors (Lipinski definition) is 4. The van der Waals surface area contributed by atoms with Crippen molar-refractivity contribution in [1.82, 2.24) is 25.1 Å². The van der Waals surface area contributed by atoms with Crippen LogP contribution in [0, 0.1) is 0 Å². The van der Waals surface area contributed by atoms with Crippen LogP contribution in [0.15, 0.2) is 71.5 Å². The first-order chi connectivity index (χ1) is 16.7. The van der Waals surface area contributed by atoms with Crippen LogP contribution in [-0.2, 0) is 4.79 Å². The van der Waals surface area contributed by atoms with E-state index >= 15 is 0 Å². The van der Waals surface area contributed by atoms with Gasteiger partial charge in [-0.2, -0.15) is 0 Å². The Morgan fingerprint density at radius 3 is 2.79 bits per heavy atom. The number of aromatic amines is 1. The molecule has 0 atom stereocenters. The van der Waals surface area contributed by atoms with Gasteiger partial charge in [0.2, 0.25) is 5.91 Å². The number of nitrogens with one attached hydrogen (secondary N) is 2. The van der Waals surface area contributed by atoms with Gasteiger partial charge in [0.1, 0.15) is 0 Å². The molecule has 8 heteroatoms. The minimum atomic E-state index is 0.000657. The van der Waals surface area contributed by atoms with E-state index in [2.05, 4.69) is 32.6 Å². The molecule has 2 heterocycles. The number of para-hydroxylation sites is 1. The number of thioether (sulfide) groups is 1. The molecule has 174 valence electrons. The molecule has 0 saturated heterocycles. The Bertz CT molecular complexity index is 1320. The highest BCUT2D eigenvalue weighted by molar-refractivity contribution is 7.99. The summed E-state index contributed by atoms with van der Waals surface area (Å²) < 4.78 is 1.98. The molecule has 5 rings (SSSR count). The van der Waals surface area contributed by atoms with E-state index in [1.807, 2.05) is 53.2 Å². The van der Waals surface area contributed by atoms with Crippen LogP contribution in [0.4, 0.5) is 0 Å². The number of hydrogen-bond donors (Lipinski definition) is 2. The predicted octanol–water partition coefficient (Wildman–Crippen LogP) is 6.17. The number of rotatable bonds is 8. The SMILES string of the molecule is O=C(CSc1nnc(-c2c[nH]c3ccccc23)n1-c1ccc(Cl)cc1)NCCC1=CCCCC1. The molecular weight excluding hydrogens is 466 g/mol. The Morgan fingerprint density at radius 2 is 1.97 bits per heavy atom. The summed E-state index contributed by atoms with van der Waals surface area (Å²) in [6, 6.07) is 15.7. The van der Waals surface area contributed by atoms with Crippen molar-refractivity contribution in [3.05, 3.63) is 71.4 Å². The normalized spacial score (nSPS) is 13.7. The smallest absolute Gasteiger partial charge is 0.230 e. The predicted molar refractivity (Wildman–Crippen MR) is 139 cm³/mol. The van der Waals surface area contributed by atoms with Gasteiger partial charge in [-0.25, -0.2) is 0 Å². The van der Waals surface area contributed by atoms with Gasteiger partial charge in [0.05, 0.1) is 5.75 Å². The van der Waals surface area contributed by atoms with Gasteiger partial charge in [0.25, 0.3) is 0 Å². The van der Waals surface area contributed by atoms with Crippen molar-refractivity contribution in [3.63, 3.8) is 0 Å². The van der Waals surface area contributed by atoms with Crippen molar-refractivity contribution in [3.8, 4) is 17.1 Å². The number of aromatic nitrogens is 4.